The van der Waals surface area contributed by atoms with Crippen molar-refractivity contribution in [1.82, 2.24) is 4.31 Å². The number of hydrogen-bond donors (Lipinski definition) is 0. The van der Waals surface area contributed by atoms with Crippen molar-refractivity contribution < 1.29 is 22.4 Å². The second-order valence-corrected chi connectivity index (χ2v) is 5.58. The summed E-state index contributed by atoms with van der Waals surface area (Å²) in [5.41, 5.74) is 0. The van der Waals surface area contributed by atoms with Gasteiger partial charge in [-0.25, -0.2) is 8.42 Å². The topological polar surface area (TPSA) is 76.8 Å². The zero-order valence-corrected chi connectivity index (χ0v) is 10.6. The van der Waals surface area contributed by atoms with Crippen LogP contribution in [-0.2, 0) is 26.1 Å². The van der Waals surface area contributed by atoms with Gasteiger partial charge >= 0.3 is 5.97 Å². The molecule has 0 fully saturated rings. The van der Waals surface area contributed by atoms with E-state index in [1.807, 2.05) is 0 Å². The second kappa shape index (κ2) is 5.83. The van der Waals surface area contributed by atoms with E-state index < -0.39 is 16.0 Å². The average molecular weight is 261 g/mol. The van der Waals surface area contributed by atoms with Crippen molar-refractivity contribution in [3.05, 3.63) is 24.2 Å². The third-order valence-corrected chi connectivity index (χ3v) is 3.98. The first kappa shape index (κ1) is 13.7. The first-order valence-electron chi connectivity index (χ1n) is 5.06. The molecular weight excluding hydrogens is 246 g/mol. The van der Waals surface area contributed by atoms with Gasteiger partial charge in [0, 0.05) is 0 Å². The highest BCUT2D eigenvalue weighted by atomic mass is 32.2. The van der Waals surface area contributed by atoms with Crippen LogP contribution in [0.4, 0.5) is 0 Å². The third-order valence-electron chi connectivity index (χ3n) is 2.20. The van der Waals surface area contributed by atoms with Crippen molar-refractivity contribution in [3.63, 3.8) is 0 Å². The fourth-order valence-electron chi connectivity index (χ4n) is 1.22. The number of rotatable bonds is 6. The quantitative estimate of drug-likeness (QED) is 0.701. The molecule has 0 aliphatic rings. The minimum Gasteiger partial charge on any atom is -0.468 e. The molecule has 1 aromatic rings. The molecule has 1 rings (SSSR count). The van der Waals surface area contributed by atoms with Crippen molar-refractivity contribution >= 4 is 16.0 Å². The highest BCUT2D eigenvalue weighted by Gasteiger charge is 2.24. The van der Waals surface area contributed by atoms with Crippen molar-refractivity contribution in [2.75, 3.05) is 19.4 Å². The van der Waals surface area contributed by atoms with Gasteiger partial charge < -0.3 is 9.15 Å². The molecule has 0 N–H and O–H groups in total. The molecule has 0 saturated carbocycles. The van der Waals surface area contributed by atoms with Gasteiger partial charge in [0.2, 0.25) is 10.0 Å². The van der Waals surface area contributed by atoms with E-state index in [-0.39, 0.29) is 18.8 Å². The maximum Gasteiger partial charge on any atom is 0.321 e. The minimum atomic E-state index is -3.47. The zero-order valence-electron chi connectivity index (χ0n) is 9.75. The molecule has 0 aromatic carbocycles. The molecule has 6 nitrogen and oxygen atoms in total. The van der Waals surface area contributed by atoms with Gasteiger partial charge in [-0.15, -0.1) is 0 Å². The Kier molecular flexibility index (Phi) is 4.71. The number of hydrogen-bond acceptors (Lipinski definition) is 5. The largest absolute Gasteiger partial charge is 0.468 e. The van der Waals surface area contributed by atoms with Crippen molar-refractivity contribution in [1.29, 1.82) is 0 Å². The van der Waals surface area contributed by atoms with E-state index in [0.29, 0.717) is 5.76 Å². The van der Waals surface area contributed by atoms with Crippen LogP contribution in [-0.4, -0.2) is 38.1 Å². The number of nitrogens with zero attached hydrogens (tertiary/aromatic N) is 1. The fraction of sp³-hybridized carbons (Fsp3) is 0.500. The van der Waals surface area contributed by atoms with Gasteiger partial charge in [0.1, 0.15) is 12.3 Å². The molecule has 7 heteroatoms. The Balaban J connectivity index is 2.83. The molecule has 0 unspecified atom stereocenters. The van der Waals surface area contributed by atoms with Crippen LogP contribution < -0.4 is 0 Å². The highest BCUT2D eigenvalue weighted by molar-refractivity contribution is 7.89. The van der Waals surface area contributed by atoms with Crippen molar-refractivity contribution in [2.24, 2.45) is 0 Å². The Morgan fingerprint density at radius 1 is 1.53 bits per heavy atom. The molecule has 0 aliphatic carbocycles. The summed E-state index contributed by atoms with van der Waals surface area (Å²) in [5.74, 6) is -0.204. The van der Waals surface area contributed by atoms with Gasteiger partial charge in [-0.2, -0.15) is 4.31 Å². The lowest BCUT2D eigenvalue weighted by Gasteiger charge is -2.18. The molecule has 0 radical (unpaired) electrons. The monoisotopic (exact) mass is 261 g/mol. The molecule has 0 atom stereocenters. The highest BCUT2D eigenvalue weighted by Crippen LogP contribution is 2.10. The fourth-order valence-corrected chi connectivity index (χ4v) is 2.21. The first-order chi connectivity index (χ1) is 7.99. The van der Waals surface area contributed by atoms with Gasteiger partial charge in [0.15, 0.2) is 0 Å². The first-order valence-corrected chi connectivity index (χ1v) is 6.67. The lowest BCUT2D eigenvalue weighted by Crippen LogP contribution is -2.36. The smallest absolute Gasteiger partial charge is 0.321 e. The summed E-state index contributed by atoms with van der Waals surface area (Å²) in [6.45, 7) is 1.23. The molecular formula is C10H15NO5S. The van der Waals surface area contributed by atoms with Gasteiger partial charge in [0.05, 0.1) is 25.7 Å². The number of sulfonamides is 1. The average Bonchev–Trinajstić information content (AvgIpc) is 2.80. The molecule has 0 amide bonds. The van der Waals surface area contributed by atoms with Crippen LogP contribution in [0.15, 0.2) is 22.8 Å². The zero-order chi connectivity index (χ0) is 12.9. The van der Waals surface area contributed by atoms with Crippen LogP contribution in [0.25, 0.3) is 0 Å². The SMILES string of the molecule is CCS(=O)(=O)N(CC(=O)OC)Cc1ccco1. The maximum atomic E-state index is 11.8. The van der Waals surface area contributed by atoms with E-state index >= 15 is 0 Å². The van der Waals surface area contributed by atoms with Crippen LogP contribution in [0.3, 0.4) is 0 Å². The second-order valence-electron chi connectivity index (χ2n) is 3.32. The van der Waals surface area contributed by atoms with E-state index in [2.05, 4.69) is 4.74 Å². The van der Waals surface area contributed by atoms with Gasteiger partial charge in [-0.05, 0) is 19.1 Å². The molecule has 96 valence electrons. The molecule has 0 aliphatic heterocycles. The van der Waals surface area contributed by atoms with E-state index in [4.69, 9.17) is 4.42 Å². The van der Waals surface area contributed by atoms with Crippen molar-refractivity contribution in [2.45, 2.75) is 13.5 Å². The van der Waals surface area contributed by atoms with Crippen LogP contribution in [0.2, 0.25) is 0 Å². The standard InChI is InChI=1S/C10H15NO5S/c1-3-17(13,14)11(8-10(12)15-2)7-9-5-4-6-16-9/h4-6H,3,7-8H2,1-2H3. The molecule has 0 spiro atoms. The summed E-state index contributed by atoms with van der Waals surface area (Å²) < 4.78 is 34.1. The summed E-state index contributed by atoms with van der Waals surface area (Å²) >= 11 is 0. The lowest BCUT2D eigenvalue weighted by molar-refractivity contribution is -0.140. The number of ether oxygens (including phenoxy) is 1. The van der Waals surface area contributed by atoms with E-state index in [1.165, 1.54) is 20.3 Å². The molecule has 17 heavy (non-hydrogen) atoms. The number of carbonyl (C=O) groups excluding carboxylic acids is 1. The Bertz CT molecular complexity index is 451. The van der Waals surface area contributed by atoms with Crippen LogP contribution in [0.5, 0.6) is 0 Å². The summed E-state index contributed by atoms with van der Waals surface area (Å²) in [6, 6.07) is 3.31. The lowest BCUT2D eigenvalue weighted by atomic mass is 10.4. The summed E-state index contributed by atoms with van der Waals surface area (Å²) in [5, 5.41) is 0. The van der Waals surface area contributed by atoms with Gasteiger partial charge in [-0.3, -0.25) is 4.79 Å². The number of furan rings is 1. The number of esters is 1. The normalized spacial score (nSPS) is 11.7. The van der Waals surface area contributed by atoms with Gasteiger partial charge in [0.25, 0.3) is 0 Å². The van der Waals surface area contributed by atoms with Crippen LogP contribution in [0.1, 0.15) is 12.7 Å². The molecule has 0 bridgehead atoms. The van der Waals surface area contributed by atoms with E-state index in [0.717, 1.165) is 4.31 Å². The van der Waals surface area contributed by atoms with Gasteiger partial charge in [-0.1, -0.05) is 0 Å². The summed E-state index contributed by atoms with van der Waals surface area (Å²) in [7, 11) is -2.25. The maximum absolute atomic E-state index is 11.8. The Morgan fingerprint density at radius 2 is 2.24 bits per heavy atom. The molecule has 1 aromatic heterocycles. The molecule has 1 heterocycles. The van der Waals surface area contributed by atoms with E-state index in [9.17, 15) is 13.2 Å². The number of methoxy groups -OCH3 is 1. The summed E-state index contributed by atoms with van der Waals surface area (Å²) in [4.78, 5) is 11.2. The Hall–Kier alpha value is -1.34. The Morgan fingerprint density at radius 3 is 2.71 bits per heavy atom. The van der Waals surface area contributed by atoms with Crippen LogP contribution in [0, 0.1) is 0 Å². The number of carbonyl (C=O) groups is 1. The third kappa shape index (κ3) is 3.86. The summed E-state index contributed by atoms with van der Waals surface area (Å²) in [6.07, 6.45) is 1.45. The predicted octanol–water partition coefficient (Wildman–Crippen LogP) is 0.604. The predicted molar refractivity (Wildman–Crippen MR) is 60.6 cm³/mol. The molecule has 0 saturated heterocycles. The Labute approximate surface area is 100 Å². The van der Waals surface area contributed by atoms with E-state index in [1.54, 1.807) is 12.1 Å². The van der Waals surface area contributed by atoms with Crippen LogP contribution >= 0.6 is 0 Å². The minimum absolute atomic E-state index is 0.0261. The van der Waals surface area contributed by atoms with Crippen molar-refractivity contribution in [3.8, 4) is 0 Å².